The van der Waals surface area contributed by atoms with E-state index >= 15 is 0 Å². The highest BCUT2D eigenvalue weighted by molar-refractivity contribution is 8.00. The fourth-order valence-corrected chi connectivity index (χ4v) is 4.59. The van der Waals surface area contributed by atoms with Gasteiger partial charge >= 0.3 is 12.1 Å². The number of benzene rings is 1. The molecule has 14 heteroatoms. The number of amides is 2. The fraction of sp³-hybridized carbons (Fsp3) is 0.565. The summed E-state index contributed by atoms with van der Waals surface area (Å²) in [4.78, 5) is 50.6. The average molecular weight is 600 g/mol. The van der Waals surface area contributed by atoms with Gasteiger partial charge in [-0.15, -0.1) is 11.8 Å². The molecule has 0 aromatic heterocycles. The SMILES string of the molecule is CC(CS[C@@H]1[C@H](NC(=O)Cc2ccccc2)C(=O)N1C(O)C(=O)OC(C)(C)C)OC(=O)OCC(Cl)(Cl)Cl. The van der Waals surface area contributed by atoms with E-state index in [0.717, 1.165) is 22.2 Å². The van der Waals surface area contributed by atoms with Gasteiger partial charge in [0.15, 0.2) is 0 Å². The minimum absolute atomic E-state index is 0.0329. The average Bonchev–Trinajstić information content (AvgIpc) is 2.77. The molecule has 206 valence electrons. The third kappa shape index (κ3) is 10.4. The number of thioether (sulfide) groups is 1. The monoisotopic (exact) mass is 598 g/mol. The Balaban J connectivity index is 2.05. The first kappa shape index (κ1) is 31.3. The predicted octanol–water partition coefficient (Wildman–Crippen LogP) is 3.19. The van der Waals surface area contributed by atoms with Gasteiger partial charge in [-0.05, 0) is 33.3 Å². The molecule has 1 aliphatic rings. The molecule has 0 radical (unpaired) electrons. The highest BCUT2D eigenvalue weighted by Crippen LogP contribution is 2.33. The number of ether oxygens (including phenoxy) is 3. The Kier molecular flexibility index (Phi) is 11.2. The van der Waals surface area contributed by atoms with Crippen LogP contribution >= 0.6 is 46.6 Å². The number of alkyl halides is 3. The van der Waals surface area contributed by atoms with Gasteiger partial charge in [-0.1, -0.05) is 65.1 Å². The van der Waals surface area contributed by atoms with Crippen molar-refractivity contribution in [2.75, 3.05) is 12.4 Å². The van der Waals surface area contributed by atoms with Crippen molar-refractivity contribution in [2.45, 2.75) is 67.3 Å². The van der Waals surface area contributed by atoms with Crippen molar-refractivity contribution in [3.05, 3.63) is 35.9 Å². The van der Waals surface area contributed by atoms with Gasteiger partial charge in [0.2, 0.25) is 15.9 Å². The Labute approximate surface area is 234 Å². The number of carbonyl (C=O) groups excluding carboxylic acids is 4. The quantitative estimate of drug-likeness (QED) is 0.236. The standard InChI is InChI=1S/C23H29Cl3N2O8S/c1-13(35-21(33)34-12-23(24,25)26)11-37-19-16(27-15(29)10-14-8-6-5-7-9-14)17(30)28(19)18(31)20(32)36-22(2,3)4/h5-9,13,16,18-19,31H,10-12H2,1-4H3,(H,27,29)/t13?,16-,18?,19-/m1/s1. The highest BCUT2D eigenvalue weighted by Gasteiger charge is 2.53. The van der Waals surface area contributed by atoms with Crippen molar-refractivity contribution in [2.24, 2.45) is 0 Å². The van der Waals surface area contributed by atoms with E-state index in [-0.39, 0.29) is 12.2 Å². The van der Waals surface area contributed by atoms with Gasteiger partial charge in [-0.25, -0.2) is 9.59 Å². The van der Waals surface area contributed by atoms with Crippen molar-refractivity contribution in [1.29, 1.82) is 0 Å². The molecule has 37 heavy (non-hydrogen) atoms. The number of rotatable bonds is 10. The first-order valence-electron chi connectivity index (χ1n) is 11.2. The fourth-order valence-electron chi connectivity index (χ4n) is 3.14. The first-order valence-corrected chi connectivity index (χ1v) is 13.3. The van der Waals surface area contributed by atoms with Crippen LogP contribution in [-0.2, 0) is 35.0 Å². The largest absolute Gasteiger partial charge is 0.508 e. The number of hydrogen-bond acceptors (Lipinski definition) is 9. The van der Waals surface area contributed by atoms with E-state index in [1.54, 1.807) is 52.0 Å². The maximum absolute atomic E-state index is 12.9. The van der Waals surface area contributed by atoms with E-state index in [1.807, 2.05) is 6.07 Å². The Morgan fingerprint density at radius 3 is 2.35 bits per heavy atom. The zero-order valence-electron chi connectivity index (χ0n) is 20.6. The number of hydrogen-bond donors (Lipinski definition) is 2. The van der Waals surface area contributed by atoms with Crippen LogP contribution in [0.4, 0.5) is 4.79 Å². The lowest BCUT2D eigenvalue weighted by molar-refractivity contribution is -0.189. The van der Waals surface area contributed by atoms with Crippen LogP contribution in [0.15, 0.2) is 30.3 Å². The molecule has 1 aliphatic heterocycles. The lowest BCUT2D eigenvalue weighted by atomic mass is 10.1. The summed E-state index contributed by atoms with van der Waals surface area (Å²) in [6, 6.07) is 7.90. The van der Waals surface area contributed by atoms with Crippen LogP contribution in [0.5, 0.6) is 0 Å². The van der Waals surface area contributed by atoms with Crippen molar-refractivity contribution in [3.8, 4) is 0 Å². The molecule has 1 aromatic rings. The number of carbonyl (C=O) groups is 4. The summed E-state index contributed by atoms with van der Waals surface area (Å²) in [5.74, 6) is -1.97. The molecule has 2 unspecified atom stereocenters. The van der Waals surface area contributed by atoms with Gasteiger partial charge < -0.3 is 24.6 Å². The molecule has 1 saturated heterocycles. The minimum atomic E-state index is -1.89. The molecule has 10 nitrogen and oxygen atoms in total. The molecule has 0 saturated carbocycles. The van der Waals surface area contributed by atoms with Gasteiger partial charge in [0.1, 0.15) is 29.7 Å². The molecule has 2 rings (SSSR count). The first-order chi connectivity index (χ1) is 17.1. The maximum atomic E-state index is 12.9. The number of nitrogens with one attached hydrogen (secondary N) is 1. The van der Waals surface area contributed by atoms with Gasteiger partial charge in [-0.2, -0.15) is 0 Å². The molecule has 1 aromatic carbocycles. The number of aliphatic hydroxyl groups excluding tert-OH is 1. The molecule has 0 bridgehead atoms. The summed E-state index contributed by atoms with van der Waals surface area (Å²) >= 11 is 17.7. The van der Waals surface area contributed by atoms with Crippen LogP contribution in [0.2, 0.25) is 0 Å². The molecule has 4 atom stereocenters. The van der Waals surface area contributed by atoms with Crippen LogP contribution in [0.25, 0.3) is 0 Å². The molecule has 1 heterocycles. The highest BCUT2D eigenvalue weighted by atomic mass is 35.6. The van der Waals surface area contributed by atoms with Crippen LogP contribution in [0.1, 0.15) is 33.3 Å². The number of nitrogens with zero attached hydrogens (tertiary/aromatic N) is 1. The van der Waals surface area contributed by atoms with E-state index in [1.165, 1.54) is 0 Å². The Morgan fingerprint density at radius 1 is 1.16 bits per heavy atom. The zero-order chi connectivity index (χ0) is 28.0. The second-order valence-electron chi connectivity index (χ2n) is 9.17. The topological polar surface area (TPSA) is 131 Å². The van der Waals surface area contributed by atoms with E-state index < -0.39 is 63.7 Å². The van der Waals surface area contributed by atoms with Crippen LogP contribution in [0, 0.1) is 0 Å². The summed E-state index contributed by atoms with van der Waals surface area (Å²) in [6.45, 7) is 5.90. The molecule has 0 spiro atoms. The summed E-state index contributed by atoms with van der Waals surface area (Å²) < 4.78 is 13.2. The summed E-state index contributed by atoms with van der Waals surface area (Å²) in [5, 5.41) is 12.3. The lowest BCUT2D eigenvalue weighted by Gasteiger charge is -2.48. The van der Waals surface area contributed by atoms with E-state index in [2.05, 4.69) is 5.32 Å². The van der Waals surface area contributed by atoms with Crippen molar-refractivity contribution in [1.82, 2.24) is 10.2 Å². The van der Waals surface area contributed by atoms with Gasteiger partial charge in [0.05, 0.1) is 6.42 Å². The van der Waals surface area contributed by atoms with E-state index in [4.69, 9.17) is 49.0 Å². The molecule has 2 N–H and O–H groups in total. The Hall–Kier alpha value is -1.92. The Morgan fingerprint density at radius 2 is 1.78 bits per heavy atom. The maximum Gasteiger partial charge on any atom is 0.508 e. The van der Waals surface area contributed by atoms with E-state index in [9.17, 15) is 24.3 Å². The molecular formula is C23H29Cl3N2O8S. The van der Waals surface area contributed by atoms with Crippen molar-refractivity contribution in [3.63, 3.8) is 0 Å². The van der Waals surface area contributed by atoms with Crippen molar-refractivity contribution >= 4 is 70.5 Å². The Bertz CT molecular complexity index is 971. The zero-order valence-corrected chi connectivity index (χ0v) is 23.7. The van der Waals surface area contributed by atoms with Crippen molar-refractivity contribution < 1.29 is 38.5 Å². The number of halogens is 3. The molecule has 0 aliphatic carbocycles. The number of β-lactam (4-membered cyclic amide) rings is 1. The third-order valence-corrected chi connectivity index (χ3v) is 6.47. The van der Waals surface area contributed by atoms with Crippen LogP contribution in [0.3, 0.4) is 0 Å². The van der Waals surface area contributed by atoms with E-state index in [0.29, 0.717) is 0 Å². The molecule has 1 fully saturated rings. The smallest absolute Gasteiger partial charge is 0.457 e. The second kappa shape index (κ2) is 13.2. The normalized spacial score (nSPS) is 19.4. The number of aliphatic hydroxyl groups is 1. The third-order valence-electron chi connectivity index (χ3n) is 4.64. The molecular weight excluding hydrogens is 571 g/mol. The summed E-state index contributed by atoms with van der Waals surface area (Å²) in [5.41, 5.74) is -0.148. The molecule has 2 amide bonds. The number of likely N-dealkylation sites (tertiary alicyclic amines) is 1. The van der Waals surface area contributed by atoms with Gasteiger partial charge in [0.25, 0.3) is 5.91 Å². The summed E-state index contributed by atoms with van der Waals surface area (Å²) in [7, 11) is 0. The predicted molar refractivity (Wildman–Crippen MR) is 139 cm³/mol. The van der Waals surface area contributed by atoms with Gasteiger partial charge in [0, 0.05) is 5.75 Å². The van der Waals surface area contributed by atoms with Gasteiger partial charge in [-0.3, -0.25) is 14.5 Å². The van der Waals surface area contributed by atoms with Crippen LogP contribution < -0.4 is 5.32 Å². The second-order valence-corrected chi connectivity index (χ2v) is 12.8. The van der Waals surface area contributed by atoms with Crippen LogP contribution in [-0.4, -0.2) is 79.4 Å². The lowest BCUT2D eigenvalue weighted by Crippen LogP contribution is -2.73. The minimum Gasteiger partial charge on any atom is -0.457 e. The number of esters is 1. The summed E-state index contributed by atoms with van der Waals surface area (Å²) in [6.07, 6.45) is -3.66.